The van der Waals surface area contributed by atoms with Crippen molar-refractivity contribution >= 4 is 35.8 Å². The van der Waals surface area contributed by atoms with Gasteiger partial charge in [0.2, 0.25) is 0 Å². The highest BCUT2D eigenvalue weighted by Gasteiger charge is 2.34. The summed E-state index contributed by atoms with van der Waals surface area (Å²) in [4.78, 5) is 11.7. The zero-order chi connectivity index (χ0) is 17.5. The highest BCUT2D eigenvalue weighted by Crippen LogP contribution is 2.42. The van der Waals surface area contributed by atoms with Gasteiger partial charge in [-0.2, -0.15) is 0 Å². The van der Waals surface area contributed by atoms with E-state index in [0.717, 1.165) is 43.5 Å². The minimum atomic E-state index is 0. The van der Waals surface area contributed by atoms with Gasteiger partial charge in [0.15, 0.2) is 5.96 Å². The molecule has 3 rings (SSSR count). The fourth-order valence-corrected chi connectivity index (χ4v) is 3.76. The number of aliphatic imine (C=N–C) groups is 1. The van der Waals surface area contributed by atoms with E-state index in [9.17, 15) is 0 Å². The number of nitrogens with one attached hydrogen (secondary N) is 2. The molecular weight excluding hydrogens is 437 g/mol. The Labute approximate surface area is 175 Å². The molecule has 0 aromatic carbocycles. The third-order valence-corrected chi connectivity index (χ3v) is 5.80. The highest BCUT2D eigenvalue weighted by atomic mass is 127. The zero-order valence-corrected chi connectivity index (χ0v) is 18.6. The number of nitrogens with zero attached hydrogens (tertiary/aromatic N) is 3. The number of pyridine rings is 1. The van der Waals surface area contributed by atoms with Crippen LogP contribution in [-0.2, 0) is 6.54 Å². The van der Waals surface area contributed by atoms with Crippen LogP contribution in [0.1, 0.15) is 57.9 Å². The van der Waals surface area contributed by atoms with Crippen LogP contribution in [0.5, 0.6) is 0 Å². The molecule has 2 heterocycles. The standard InChI is InChI=1S/C20H33N5.HI/c1-3-20(10-7-11-20)16-24-19(21-4-2)23-15-17-8-9-18(22-14-17)25-12-5-6-13-25;/h8-9,14H,3-7,10-13,15-16H2,1-2H3,(H2,21,23,24);1H. The summed E-state index contributed by atoms with van der Waals surface area (Å²) in [5.74, 6) is 2.02. The Hall–Kier alpha value is -1.05. The lowest BCUT2D eigenvalue weighted by Gasteiger charge is -2.41. The molecule has 5 nitrogen and oxygen atoms in total. The fraction of sp³-hybridized carbons (Fsp3) is 0.700. The van der Waals surface area contributed by atoms with Crippen molar-refractivity contribution < 1.29 is 0 Å². The van der Waals surface area contributed by atoms with Gasteiger partial charge < -0.3 is 15.5 Å². The van der Waals surface area contributed by atoms with Gasteiger partial charge in [0.1, 0.15) is 5.82 Å². The van der Waals surface area contributed by atoms with Crippen LogP contribution in [0.25, 0.3) is 0 Å². The molecule has 1 aliphatic carbocycles. The Balaban J connectivity index is 0.00000243. The van der Waals surface area contributed by atoms with E-state index in [1.807, 2.05) is 6.20 Å². The molecule has 0 unspecified atom stereocenters. The van der Waals surface area contributed by atoms with Crippen molar-refractivity contribution in [2.75, 3.05) is 31.1 Å². The Morgan fingerprint density at radius 2 is 1.92 bits per heavy atom. The average Bonchev–Trinajstić information content (AvgIpc) is 3.14. The van der Waals surface area contributed by atoms with Gasteiger partial charge >= 0.3 is 0 Å². The van der Waals surface area contributed by atoms with Crippen molar-refractivity contribution in [2.24, 2.45) is 10.4 Å². The molecule has 0 bridgehead atoms. The summed E-state index contributed by atoms with van der Waals surface area (Å²) in [6.07, 6.45) is 9.85. The van der Waals surface area contributed by atoms with E-state index in [0.29, 0.717) is 12.0 Å². The summed E-state index contributed by atoms with van der Waals surface area (Å²) in [7, 11) is 0. The van der Waals surface area contributed by atoms with E-state index in [2.05, 4.69) is 46.5 Å². The van der Waals surface area contributed by atoms with Crippen molar-refractivity contribution in [2.45, 2.75) is 58.9 Å². The second kappa shape index (κ2) is 10.3. The quantitative estimate of drug-likeness (QED) is 0.360. The van der Waals surface area contributed by atoms with Gasteiger partial charge in [-0.3, -0.25) is 0 Å². The van der Waals surface area contributed by atoms with Crippen LogP contribution < -0.4 is 15.5 Å². The van der Waals surface area contributed by atoms with Crippen molar-refractivity contribution in [3.8, 4) is 0 Å². The van der Waals surface area contributed by atoms with Gasteiger partial charge in [0, 0.05) is 32.4 Å². The number of rotatable bonds is 7. The highest BCUT2D eigenvalue weighted by molar-refractivity contribution is 14.0. The molecule has 0 radical (unpaired) electrons. The van der Waals surface area contributed by atoms with Gasteiger partial charge in [0.25, 0.3) is 0 Å². The largest absolute Gasteiger partial charge is 0.357 e. The Kier molecular flexibility index (Phi) is 8.44. The molecule has 0 atom stereocenters. The maximum atomic E-state index is 4.75. The van der Waals surface area contributed by atoms with Crippen LogP contribution in [0.2, 0.25) is 0 Å². The fourth-order valence-electron chi connectivity index (χ4n) is 3.76. The first-order chi connectivity index (χ1) is 12.2. The second-order valence-electron chi connectivity index (χ2n) is 7.47. The van der Waals surface area contributed by atoms with Gasteiger partial charge in [0.05, 0.1) is 6.54 Å². The molecule has 6 heteroatoms. The SMILES string of the molecule is CCNC(=NCc1ccc(N2CCCC2)nc1)NCC1(CC)CCC1.I. The van der Waals surface area contributed by atoms with Crippen molar-refractivity contribution in [1.29, 1.82) is 0 Å². The molecule has 2 N–H and O–H groups in total. The molecule has 1 aliphatic heterocycles. The summed E-state index contributed by atoms with van der Waals surface area (Å²) in [5, 5.41) is 6.92. The van der Waals surface area contributed by atoms with E-state index in [-0.39, 0.29) is 24.0 Å². The topological polar surface area (TPSA) is 52.6 Å². The molecule has 1 aromatic heterocycles. The first kappa shape index (κ1) is 21.3. The summed E-state index contributed by atoms with van der Waals surface area (Å²) in [5.41, 5.74) is 1.66. The number of hydrogen-bond acceptors (Lipinski definition) is 3. The lowest BCUT2D eigenvalue weighted by molar-refractivity contribution is 0.131. The number of hydrogen-bond donors (Lipinski definition) is 2. The minimum Gasteiger partial charge on any atom is -0.357 e. The van der Waals surface area contributed by atoms with Crippen molar-refractivity contribution in [3.05, 3.63) is 23.9 Å². The van der Waals surface area contributed by atoms with Crippen molar-refractivity contribution in [1.82, 2.24) is 15.6 Å². The Morgan fingerprint density at radius 3 is 2.46 bits per heavy atom. The molecule has 2 aliphatic rings. The van der Waals surface area contributed by atoms with Gasteiger partial charge in [-0.15, -0.1) is 24.0 Å². The second-order valence-corrected chi connectivity index (χ2v) is 7.47. The lowest BCUT2D eigenvalue weighted by atomic mass is 9.67. The number of halogens is 1. The third-order valence-electron chi connectivity index (χ3n) is 5.80. The predicted molar refractivity (Wildman–Crippen MR) is 120 cm³/mol. The molecule has 1 saturated carbocycles. The molecular formula is C20H34IN5. The average molecular weight is 471 g/mol. The van der Waals surface area contributed by atoms with E-state index in [4.69, 9.17) is 4.99 Å². The summed E-state index contributed by atoms with van der Waals surface area (Å²) < 4.78 is 0. The van der Waals surface area contributed by atoms with Gasteiger partial charge in [-0.25, -0.2) is 9.98 Å². The predicted octanol–water partition coefficient (Wildman–Crippen LogP) is 3.94. The molecule has 1 saturated heterocycles. The van der Waals surface area contributed by atoms with Crippen LogP contribution in [0.15, 0.2) is 23.3 Å². The zero-order valence-electron chi connectivity index (χ0n) is 16.3. The van der Waals surface area contributed by atoms with E-state index < -0.39 is 0 Å². The number of aromatic nitrogens is 1. The Bertz CT molecular complexity index is 557. The van der Waals surface area contributed by atoms with Crippen molar-refractivity contribution in [3.63, 3.8) is 0 Å². The van der Waals surface area contributed by atoms with E-state index in [1.165, 1.54) is 38.5 Å². The number of anilines is 1. The third kappa shape index (κ3) is 5.47. The van der Waals surface area contributed by atoms with Crippen LogP contribution in [0.3, 0.4) is 0 Å². The monoisotopic (exact) mass is 471 g/mol. The van der Waals surface area contributed by atoms with Crippen LogP contribution >= 0.6 is 24.0 Å². The molecule has 1 aromatic rings. The summed E-state index contributed by atoms with van der Waals surface area (Å²) in [6, 6.07) is 4.30. The first-order valence-electron chi connectivity index (χ1n) is 9.97. The maximum absolute atomic E-state index is 4.75. The van der Waals surface area contributed by atoms with E-state index in [1.54, 1.807) is 0 Å². The Morgan fingerprint density at radius 1 is 1.15 bits per heavy atom. The summed E-state index contributed by atoms with van der Waals surface area (Å²) >= 11 is 0. The van der Waals surface area contributed by atoms with Crippen LogP contribution in [-0.4, -0.2) is 37.1 Å². The van der Waals surface area contributed by atoms with Gasteiger partial charge in [-0.05, 0) is 56.1 Å². The molecule has 0 spiro atoms. The lowest BCUT2D eigenvalue weighted by Crippen LogP contribution is -2.46. The van der Waals surface area contributed by atoms with E-state index >= 15 is 0 Å². The summed E-state index contributed by atoms with van der Waals surface area (Å²) in [6.45, 7) is 9.28. The van der Waals surface area contributed by atoms with Gasteiger partial charge in [-0.1, -0.05) is 19.4 Å². The molecule has 2 fully saturated rings. The first-order valence-corrected chi connectivity index (χ1v) is 9.97. The maximum Gasteiger partial charge on any atom is 0.191 e. The normalized spacial score (nSPS) is 18.8. The molecule has 26 heavy (non-hydrogen) atoms. The van der Waals surface area contributed by atoms with Crippen LogP contribution in [0, 0.1) is 5.41 Å². The molecule has 0 amide bonds. The smallest absolute Gasteiger partial charge is 0.191 e. The number of guanidine groups is 1. The van der Waals surface area contributed by atoms with Crippen LogP contribution in [0.4, 0.5) is 5.82 Å². The molecule has 146 valence electrons. The minimum absolute atomic E-state index is 0.